The molecule has 0 aliphatic heterocycles. The molecule has 0 aliphatic carbocycles. The number of aromatic nitrogens is 1. The van der Waals surface area contributed by atoms with Crippen LogP contribution in [0.1, 0.15) is 23.2 Å². The van der Waals surface area contributed by atoms with Gasteiger partial charge in [-0.3, -0.25) is 4.79 Å². The number of carbonyl (C=O) groups is 2. The number of ether oxygens (including phenoxy) is 1. The summed E-state index contributed by atoms with van der Waals surface area (Å²) >= 11 is 0. The normalized spacial score (nSPS) is 12.2. The zero-order valence-corrected chi connectivity index (χ0v) is 17.0. The Morgan fingerprint density at radius 1 is 1.10 bits per heavy atom. The molecule has 156 valence electrons. The van der Waals surface area contributed by atoms with Gasteiger partial charge in [0.05, 0.1) is 4.90 Å². The van der Waals surface area contributed by atoms with E-state index in [-0.39, 0.29) is 22.2 Å². The van der Waals surface area contributed by atoms with Crippen LogP contribution in [0, 0.1) is 6.92 Å². The lowest BCUT2D eigenvalue weighted by molar-refractivity contribution is -0.123. The fraction of sp³-hybridized carbons (Fsp3) is 0.150. The average molecular weight is 429 g/mol. The SMILES string of the molecule is Cc1oc(-c2ccccc2)nc1C(=O)OC(C)C(=O)Nc1ccc(S(N)(=O)=O)cc1. The maximum absolute atomic E-state index is 12.4. The smallest absolute Gasteiger partial charge is 0.361 e. The Hall–Kier alpha value is -3.50. The first kappa shape index (κ1) is 21.2. The van der Waals surface area contributed by atoms with Crippen molar-refractivity contribution in [3.05, 3.63) is 66.1 Å². The minimum atomic E-state index is -3.83. The molecule has 0 aliphatic rings. The summed E-state index contributed by atoms with van der Waals surface area (Å²) in [6, 6.07) is 14.3. The van der Waals surface area contributed by atoms with Gasteiger partial charge in [-0.1, -0.05) is 18.2 Å². The summed E-state index contributed by atoms with van der Waals surface area (Å²) in [5.41, 5.74) is 0.999. The molecular formula is C20H19N3O6S. The van der Waals surface area contributed by atoms with Crippen molar-refractivity contribution in [3.63, 3.8) is 0 Å². The van der Waals surface area contributed by atoms with Crippen LogP contribution in [0.3, 0.4) is 0 Å². The molecule has 10 heteroatoms. The van der Waals surface area contributed by atoms with Gasteiger partial charge in [0, 0.05) is 11.3 Å². The van der Waals surface area contributed by atoms with E-state index in [1.54, 1.807) is 19.1 Å². The van der Waals surface area contributed by atoms with Gasteiger partial charge in [0.2, 0.25) is 15.9 Å². The minimum Gasteiger partial charge on any atom is -0.448 e. The molecule has 1 unspecified atom stereocenters. The van der Waals surface area contributed by atoms with Gasteiger partial charge in [0.15, 0.2) is 11.8 Å². The van der Waals surface area contributed by atoms with E-state index in [4.69, 9.17) is 14.3 Å². The number of nitrogens with two attached hydrogens (primary N) is 1. The molecule has 0 saturated carbocycles. The van der Waals surface area contributed by atoms with Crippen molar-refractivity contribution in [2.45, 2.75) is 24.8 Å². The second-order valence-corrected chi connectivity index (χ2v) is 7.96. The first-order valence-corrected chi connectivity index (χ1v) is 10.4. The predicted molar refractivity (Wildman–Crippen MR) is 108 cm³/mol. The number of hydrogen-bond acceptors (Lipinski definition) is 7. The fourth-order valence-electron chi connectivity index (χ4n) is 2.53. The summed E-state index contributed by atoms with van der Waals surface area (Å²) in [6.07, 6.45) is -1.13. The number of sulfonamides is 1. The van der Waals surface area contributed by atoms with Crippen molar-refractivity contribution >= 4 is 27.6 Å². The number of amides is 1. The predicted octanol–water partition coefficient (Wildman–Crippen LogP) is 2.48. The van der Waals surface area contributed by atoms with Gasteiger partial charge in [0.25, 0.3) is 5.91 Å². The average Bonchev–Trinajstić information content (AvgIpc) is 3.10. The molecule has 2 aromatic carbocycles. The summed E-state index contributed by atoms with van der Waals surface area (Å²) in [6.45, 7) is 2.98. The van der Waals surface area contributed by atoms with Crippen LogP contribution in [0.4, 0.5) is 5.69 Å². The number of nitrogens with zero attached hydrogens (tertiary/aromatic N) is 1. The Balaban J connectivity index is 1.65. The number of benzene rings is 2. The van der Waals surface area contributed by atoms with Crippen LogP contribution < -0.4 is 10.5 Å². The summed E-state index contributed by atoms with van der Waals surface area (Å²) < 4.78 is 33.3. The maximum atomic E-state index is 12.4. The molecule has 3 aromatic rings. The van der Waals surface area contributed by atoms with Crippen molar-refractivity contribution in [2.24, 2.45) is 5.14 Å². The van der Waals surface area contributed by atoms with E-state index in [0.717, 1.165) is 0 Å². The lowest BCUT2D eigenvalue weighted by Gasteiger charge is -2.13. The van der Waals surface area contributed by atoms with Gasteiger partial charge in [0.1, 0.15) is 5.76 Å². The van der Waals surface area contributed by atoms with Gasteiger partial charge in [-0.2, -0.15) is 0 Å². The third-order valence-electron chi connectivity index (χ3n) is 4.11. The molecule has 1 amide bonds. The summed E-state index contributed by atoms with van der Waals surface area (Å²) in [5.74, 6) is -0.862. The van der Waals surface area contributed by atoms with Crippen LogP contribution in [0.2, 0.25) is 0 Å². The molecule has 30 heavy (non-hydrogen) atoms. The summed E-state index contributed by atoms with van der Waals surface area (Å²) in [4.78, 5) is 28.8. The van der Waals surface area contributed by atoms with Gasteiger partial charge in [-0.15, -0.1) is 0 Å². The lowest BCUT2D eigenvalue weighted by Crippen LogP contribution is -2.30. The number of carbonyl (C=O) groups excluding carboxylic acids is 2. The highest BCUT2D eigenvalue weighted by Gasteiger charge is 2.24. The van der Waals surface area contributed by atoms with E-state index >= 15 is 0 Å². The summed E-state index contributed by atoms with van der Waals surface area (Å²) in [5, 5.41) is 7.56. The highest BCUT2D eigenvalue weighted by molar-refractivity contribution is 7.89. The first-order chi connectivity index (χ1) is 14.1. The van der Waals surface area contributed by atoms with Crippen LogP contribution in [-0.2, 0) is 19.6 Å². The van der Waals surface area contributed by atoms with Crippen LogP contribution >= 0.6 is 0 Å². The standard InChI is InChI=1S/C20H19N3O6S/c1-12-17(23-19(28-12)14-6-4-3-5-7-14)20(25)29-13(2)18(24)22-15-8-10-16(11-9-15)30(21,26)27/h3-11,13H,1-2H3,(H,22,24)(H2,21,26,27). The number of rotatable bonds is 6. The molecular weight excluding hydrogens is 410 g/mol. The van der Waals surface area contributed by atoms with E-state index < -0.39 is 28.0 Å². The van der Waals surface area contributed by atoms with Crippen molar-refractivity contribution < 1.29 is 27.2 Å². The van der Waals surface area contributed by atoms with E-state index in [9.17, 15) is 18.0 Å². The number of oxazole rings is 1. The molecule has 3 N–H and O–H groups in total. The second-order valence-electron chi connectivity index (χ2n) is 6.40. The molecule has 0 spiro atoms. The van der Waals surface area contributed by atoms with Crippen molar-refractivity contribution in [3.8, 4) is 11.5 Å². The third-order valence-corrected chi connectivity index (χ3v) is 5.04. The van der Waals surface area contributed by atoms with Crippen molar-refractivity contribution in [1.29, 1.82) is 0 Å². The number of hydrogen-bond donors (Lipinski definition) is 2. The van der Waals surface area contributed by atoms with Gasteiger partial charge >= 0.3 is 5.97 Å². The molecule has 0 radical (unpaired) electrons. The van der Waals surface area contributed by atoms with Gasteiger partial charge in [-0.25, -0.2) is 23.3 Å². The minimum absolute atomic E-state index is 0.0222. The first-order valence-electron chi connectivity index (χ1n) is 8.82. The zero-order chi connectivity index (χ0) is 21.9. The molecule has 1 heterocycles. The van der Waals surface area contributed by atoms with E-state index in [1.165, 1.54) is 31.2 Å². The number of esters is 1. The maximum Gasteiger partial charge on any atom is 0.361 e. The Bertz CT molecular complexity index is 1170. The second kappa shape index (κ2) is 8.47. The Labute approximate surface area is 172 Å². The van der Waals surface area contributed by atoms with Gasteiger partial charge < -0.3 is 14.5 Å². The van der Waals surface area contributed by atoms with Crippen LogP contribution in [0.5, 0.6) is 0 Å². The number of primary sulfonamides is 1. The Morgan fingerprint density at radius 3 is 2.33 bits per heavy atom. The molecule has 1 atom stereocenters. The Morgan fingerprint density at radius 2 is 1.73 bits per heavy atom. The van der Waals surface area contributed by atoms with E-state index in [2.05, 4.69) is 10.3 Å². The highest BCUT2D eigenvalue weighted by atomic mass is 32.2. The molecule has 0 bridgehead atoms. The largest absolute Gasteiger partial charge is 0.448 e. The monoisotopic (exact) mass is 429 g/mol. The number of nitrogens with one attached hydrogen (secondary N) is 1. The van der Waals surface area contributed by atoms with Crippen molar-refractivity contribution in [2.75, 3.05) is 5.32 Å². The topological polar surface area (TPSA) is 142 Å². The number of anilines is 1. The molecule has 3 rings (SSSR count). The molecule has 1 aromatic heterocycles. The zero-order valence-electron chi connectivity index (χ0n) is 16.2. The molecule has 9 nitrogen and oxygen atoms in total. The number of aryl methyl sites for hydroxylation is 1. The van der Waals surface area contributed by atoms with Crippen LogP contribution in [0.25, 0.3) is 11.5 Å². The highest BCUT2D eigenvalue weighted by Crippen LogP contribution is 2.22. The fourth-order valence-corrected chi connectivity index (χ4v) is 3.05. The van der Waals surface area contributed by atoms with Crippen LogP contribution in [0.15, 0.2) is 63.9 Å². The Kier molecular flexibility index (Phi) is 5.99. The van der Waals surface area contributed by atoms with Crippen LogP contribution in [-0.4, -0.2) is 31.4 Å². The lowest BCUT2D eigenvalue weighted by atomic mass is 10.2. The molecule has 0 saturated heterocycles. The van der Waals surface area contributed by atoms with E-state index in [0.29, 0.717) is 11.3 Å². The van der Waals surface area contributed by atoms with Crippen molar-refractivity contribution in [1.82, 2.24) is 4.98 Å². The van der Waals surface area contributed by atoms with E-state index in [1.807, 2.05) is 18.2 Å². The summed E-state index contributed by atoms with van der Waals surface area (Å²) in [7, 11) is -3.83. The quantitative estimate of drug-likeness (QED) is 0.573. The van der Waals surface area contributed by atoms with Gasteiger partial charge in [-0.05, 0) is 50.2 Å². The third kappa shape index (κ3) is 4.91. The molecule has 0 fully saturated rings.